The largest absolute Gasteiger partial charge is 0.469 e. The number of benzene rings is 2. The summed E-state index contributed by atoms with van der Waals surface area (Å²) in [6, 6.07) is 12.1. The molecule has 0 atom stereocenters. The summed E-state index contributed by atoms with van der Waals surface area (Å²) < 4.78 is 45.9. The van der Waals surface area contributed by atoms with Gasteiger partial charge in [0.05, 0.1) is 36.0 Å². The highest BCUT2D eigenvalue weighted by atomic mass is 19.4. The average Bonchev–Trinajstić information content (AvgIpc) is 3.84. The van der Waals surface area contributed by atoms with Gasteiger partial charge in [0.1, 0.15) is 0 Å². The Hall–Kier alpha value is -3.51. The predicted octanol–water partition coefficient (Wildman–Crippen LogP) is 4.65. The second-order valence-corrected chi connectivity index (χ2v) is 10.1. The molecule has 2 aliphatic carbocycles. The first-order valence-electron chi connectivity index (χ1n) is 12.9. The van der Waals surface area contributed by atoms with Crippen LogP contribution in [0.4, 0.5) is 24.5 Å². The minimum absolute atomic E-state index is 0.0373. The van der Waals surface area contributed by atoms with E-state index in [1.807, 2.05) is 24.3 Å². The van der Waals surface area contributed by atoms with Gasteiger partial charge in [0.25, 0.3) is 0 Å². The number of nitrogens with zero attached hydrogens (tertiary/aromatic N) is 2. The van der Waals surface area contributed by atoms with Crippen LogP contribution in [0, 0.1) is 11.8 Å². The molecule has 0 unspecified atom stereocenters. The highest BCUT2D eigenvalue weighted by Gasteiger charge is 2.53. The number of nitrogens with one attached hydrogen (secondary N) is 1. The number of ether oxygens (including phenoxy) is 1. The lowest BCUT2D eigenvalue weighted by Crippen LogP contribution is -2.53. The zero-order valence-electron chi connectivity index (χ0n) is 21.2. The summed E-state index contributed by atoms with van der Waals surface area (Å²) in [5, 5.41) is 3.18. The van der Waals surface area contributed by atoms with E-state index in [1.54, 1.807) is 4.90 Å². The van der Waals surface area contributed by atoms with Gasteiger partial charge in [-0.05, 0) is 61.6 Å². The number of halogens is 3. The van der Waals surface area contributed by atoms with Crippen molar-refractivity contribution in [3.8, 4) is 11.8 Å². The third-order valence-electron chi connectivity index (χ3n) is 7.38. The Morgan fingerprint density at radius 1 is 1.11 bits per heavy atom. The van der Waals surface area contributed by atoms with Crippen LogP contribution in [-0.2, 0) is 27.0 Å². The molecule has 2 saturated carbocycles. The van der Waals surface area contributed by atoms with E-state index in [0.717, 1.165) is 36.8 Å². The highest BCUT2D eigenvalue weighted by Crippen LogP contribution is 2.44. The van der Waals surface area contributed by atoms with Crippen LogP contribution in [0.1, 0.15) is 55.2 Å². The van der Waals surface area contributed by atoms with Crippen LogP contribution in [0.25, 0.3) is 0 Å². The smallest absolute Gasteiger partial charge is 0.416 e. The van der Waals surface area contributed by atoms with Crippen molar-refractivity contribution in [2.45, 2.75) is 62.8 Å². The fraction of sp³-hybridized carbons (Fsp3) is 0.448. The Labute approximate surface area is 220 Å². The molecule has 5 rings (SSSR count). The number of methoxy groups -OCH3 is 1. The van der Waals surface area contributed by atoms with Gasteiger partial charge >= 0.3 is 12.1 Å². The van der Waals surface area contributed by atoms with Gasteiger partial charge in [-0.15, -0.1) is 0 Å². The number of carbonyl (C=O) groups is 2. The van der Waals surface area contributed by atoms with Crippen molar-refractivity contribution in [2.24, 2.45) is 0 Å². The maximum atomic E-state index is 13.8. The molecule has 2 aromatic carbocycles. The number of fused-ring (bicyclic) bond motifs is 1. The standard InChI is InChI=1S/C29H30F3N3O3/c1-38-26(36)9-5-2-6-20-10-13-23(29(30,31)32)21(18-20)19-33-28(14-15-28)27(37)35-17-16-34(22-11-12-22)24-7-3-4-8-25(24)35/h3-4,7-8,10,13,18,22,33H,5,9,11-12,14-17,19H2,1H3. The quantitative estimate of drug-likeness (QED) is 0.421. The molecule has 9 heteroatoms. The van der Waals surface area contributed by atoms with Crippen LogP contribution >= 0.6 is 0 Å². The zero-order chi connectivity index (χ0) is 26.9. The van der Waals surface area contributed by atoms with Crippen molar-refractivity contribution in [2.75, 3.05) is 30.0 Å². The fourth-order valence-electron chi connectivity index (χ4n) is 5.00. The molecule has 0 spiro atoms. The fourth-order valence-corrected chi connectivity index (χ4v) is 5.00. The summed E-state index contributed by atoms with van der Waals surface area (Å²) in [5.41, 5.74) is 0.736. The lowest BCUT2D eigenvalue weighted by Gasteiger charge is -2.39. The van der Waals surface area contributed by atoms with Crippen molar-refractivity contribution < 1.29 is 27.5 Å². The molecule has 200 valence electrons. The Morgan fingerprint density at radius 3 is 2.50 bits per heavy atom. The lowest BCUT2D eigenvalue weighted by atomic mass is 10.0. The van der Waals surface area contributed by atoms with Gasteiger partial charge < -0.3 is 14.5 Å². The monoisotopic (exact) mass is 525 g/mol. The van der Waals surface area contributed by atoms with E-state index in [0.29, 0.717) is 31.0 Å². The average molecular weight is 526 g/mol. The molecular weight excluding hydrogens is 495 g/mol. The maximum Gasteiger partial charge on any atom is 0.416 e. The number of hydrogen-bond acceptors (Lipinski definition) is 5. The van der Waals surface area contributed by atoms with Gasteiger partial charge in [-0.2, -0.15) is 13.2 Å². The molecule has 0 aromatic heterocycles. The van der Waals surface area contributed by atoms with E-state index >= 15 is 0 Å². The Bertz CT molecular complexity index is 1290. The molecule has 1 amide bonds. The number of amides is 1. The highest BCUT2D eigenvalue weighted by molar-refractivity contribution is 6.05. The molecule has 2 aromatic rings. The van der Waals surface area contributed by atoms with Crippen molar-refractivity contribution in [3.05, 3.63) is 59.2 Å². The van der Waals surface area contributed by atoms with Gasteiger partial charge in [-0.1, -0.05) is 24.0 Å². The van der Waals surface area contributed by atoms with Gasteiger partial charge in [0, 0.05) is 37.7 Å². The van der Waals surface area contributed by atoms with E-state index in [2.05, 4.69) is 26.8 Å². The topological polar surface area (TPSA) is 61.9 Å². The summed E-state index contributed by atoms with van der Waals surface area (Å²) in [6.45, 7) is 1.20. The molecule has 38 heavy (non-hydrogen) atoms. The first-order valence-corrected chi connectivity index (χ1v) is 12.9. The molecule has 2 fully saturated rings. The molecule has 1 heterocycles. The normalized spacial score (nSPS) is 17.8. The van der Waals surface area contributed by atoms with Crippen molar-refractivity contribution >= 4 is 23.3 Å². The van der Waals surface area contributed by atoms with E-state index < -0.39 is 23.2 Å². The van der Waals surface area contributed by atoms with Crippen LogP contribution in [-0.4, -0.2) is 43.7 Å². The summed E-state index contributed by atoms with van der Waals surface area (Å²) in [7, 11) is 1.29. The van der Waals surface area contributed by atoms with Crippen molar-refractivity contribution in [1.82, 2.24) is 5.32 Å². The Kier molecular flexibility index (Phi) is 7.10. The van der Waals surface area contributed by atoms with Crippen LogP contribution in [0.3, 0.4) is 0 Å². The summed E-state index contributed by atoms with van der Waals surface area (Å²) >= 11 is 0. The van der Waals surface area contributed by atoms with Gasteiger partial charge in [0.15, 0.2) is 0 Å². The van der Waals surface area contributed by atoms with Gasteiger partial charge in [-0.3, -0.25) is 14.9 Å². The van der Waals surface area contributed by atoms with E-state index in [4.69, 9.17) is 0 Å². The Morgan fingerprint density at radius 2 is 1.84 bits per heavy atom. The predicted molar refractivity (Wildman–Crippen MR) is 138 cm³/mol. The number of carbonyl (C=O) groups excluding carboxylic acids is 2. The summed E-state index contributed by atoms with van der Waals surface area (Å²) in [5.74, 6) is 5.15. The summed E-state index contributed by atoms with van der Waals surface area (Å²) in [6.07, 6.45) is -0.716. The minimum atomic E-state index is -4.54. The molecule has 0 saturated heterocycles. The number of rotatable bonds is 7. The number of alkyl halides is 3. The third kappa shape index (κ3) is 5.51. The number of hydrogen-bond donors (Lipinski definition) is 1. The lowest BCUT2D eigenvalue weighted by molar-refractivity contribution is -0.140. The van der Waals surface area contributed by atoms with Gasteiger partial charge in [-0.25, -0.2) is 0 Å². The third-order valence-corrected chi connectivity index (χ3v) is 7.38. The number of anilines is 2. The SMILES string of the molecule is COC(=O)CCC#Cc1ccc(C(F)(F)F)c(CNC2(C(=O)N3CCN(C4CC4)c4ccccc43)CC2)c1. The van der Waals surface area contributed by atoms with Crippen LogP contribution in [0.15, 0.2) is 42.5 Å². The first-order chi connectivity index (χ1) is 18.2. The molecule has 1 aliphatic heterocycles. The molecule has 3 aliphatic rings. The number of para-hydroxylation sites is 2. The first kappa shape index (κ1) is 26.1. The molecule has 6 nitrogen and oxygen atoms in total. The van der Waals surface area contributed by atoms with Crippen LogP contribution < -0.4 is 15.1 Å². The second-order valence-electron chi connectivity index (χ2n) is 10.1. The maximum absolute atomic E-state index is 13.8. The molecule has 1 N–H and O–H groups in total. The molecule has 0 radical (unpaired) electrons. The summed E-state index contributed by atoms with van der Waals surface area (Å²) in [4.78, 5) is 29.1. The van der Waals surface area contributed by atoms with Crippen LogP contribution in [0.5, 0.6) is 0 Å². The van der Waals surface area contributed by atoms with E-state index in [1.165, 1.54) is 19.2 Å². The van der Waals surface area contributed by atoms with E-state index in [-0.39, 0.29) is 30.9 Å². The van der Waals surface area contributed by atoms with Crippen molar-refractivity contribution in [3.63, 3.8) is 0 Å². The van der Waals surface area contributed by atoms with E-state index in [9.17, 15) is 22.8 Å². The molecular formula is C29H30F3N3O3. The Balaban J connectivity index is 1.32. The second kappa shape index (κ2) is 10.3. The number of esters is 1. The van der Waals surface area contributed by atoms with Crippen molar-refractivity contribution in [1.29, 1.82) is 0 Å². The van der Waals surface area contributed by atoms with Crippen LogP contribution in [0.2, 0.25) is 0 Å². The van der Waals surface area contributed by atoms with Gasteiger partial charge in [0.2, 0.25) is 5.91 Å². The zero-order valence-corrected chi connectivity index (χ0v) is 21.2. The molecule has 0 bridgehead atoms. The minimum Gasteiger partial charge on any atom is -0.469 e.